The number of aromatic nitrogens is 1. The van der Waals surface area contributed by atoms with Crippen LogP contribution in [0.15, 0.2) is 18.3 Å². The molecule has 1 saturated heterocycles. The maximum atomic E-state index is 12.6. The van der Waals surface area contributed by atoms with Gasteiger partial charge in [0.1, 0.15) is 11.5 Å². The normalized spacial score (nSPS) is 19.7. The molecule has 16 heavy (non-hydrogen) atoms. The van der Waals surface area contributed by atoms with Crippen molar-refractivity contribution in [1.29, 1.82) is 0 Å². The molecule has 0 radical (unpaired) electrons. The van der Waals surface area contributed by atoms with Gasteiger partial charge in [-0.1, -0.05) is 0 Å². The summed E-state index contributed by atoms with van der Waals surface area (Å²) in [5.74, 6) is -0.692. The summed E-state index contributed by atoms with van der Waals surface area (Å²) in [4.78, 5) is 15.3. The molecule has 1 fully saturated rings. The standard InChI is InChI=1S/C11H14FN3O/c12-8-3-4-10(14-6-8)11(16)15-7-9-2-1-5-13-9/h3-4,6,9,13H,1-2,5,7H2,(H,15,16). The number of carbonyl (C=O) groups is 1. The van der Waals surface area contributed by atoms with Crippen molar-refractivity contribution in [2.24, 2.45) is 0 Å². The molecule has 1 aliphatic heterocycles. The quantitative estimate of drug-likeness (QED) is 0.793. The molecule has 0 spiro atoms. The van der Waals surface area contributed by atoms with Crippen molar-refractivity contribution in [1.82, 2.24) is 15.6 Å². The second kappa shape index (κ2) is 5.03. The van der Waals surface area contributed by atoms with E-state index < -0.39 is 5.82 Å². The van der Waals surface area contributed by atoms with Gasteiger partial charge in [0.15, 0.2) is 0 Å². The van der Waals surface area contributed by atoms with E-state index in [1.54, 1.807) is 0 Å². The lowest BCUT2D eigenvalue weighted by atomic mass is 10.2. The average Bonchev–Trinajstić information content (AvgIpc) is 2.80. The van der Waals surface area contributed by atoms with Crippen molar-refractivity contribution >= 4 is 5.91 Å². The second-order valence-corrected chi connectivity index (χ2v) is 3.86. The van der Waals surface area contributed by atoms with Crippen LogP contribution in [0.25, 0.3) is 0 Å². The van der Waals surface area contributed by atoms with Gasteiger partial charge in [0.25, 0.3) is 5.91 Å². The van der Waals surface area contributed by atoms with Crippen LogP contribution in [0.1, 0.15) is 23.3 Å². The molecular weight excluding hydrogens is 209 g/mol. The van der Waals surface area contributed by atoms with E-state index in [2.05, 4.69) is 15.6 Å². The van der Waals surface area contributed by atoms with Crippen LogP contribution in [0.3, 0.4) is 0 Å². The number of halogens is 1. The third-order valence-corrected chi connectivity index (χ3v) is 2.63. The Balaban J connectivity index is 1.85. The first-order valence-corrected chi connectivity index (χ1v) is 5.39. The third kappa shape index (κ3) is 2.76. The van der Waals surface area contributed by atoms with Gasteiger partial charge >= 0.3 is 0 Å². The van der Waals surface area contributed by atoms with Crippen LogP contribution in [0.5, 0.6) is 0 Å². The summed E-state index contributed by atoms with van der Waals surface area (Å²) in [5.41, 5.74) is 0.249. The Kier molecular flexibility index (Phi) is 3.46. The number of hydrogen-bond donors (Lipinski definition) is 2. The molecule has 1 aliphatic rings. The van der Waals surface area contributed by atoms with Crippen LogP contribution in [0.2, 0.25) is 0 Å². The van der Waals surface area contributed by atoms with Crippen molar-refractivity contribution in [3.63, 3.8) is 0 Å². The molecule has 0 bridgehead atoms. The zero-order chi connectivity index (χ0) is 11.4. The molecule has 4 nitrogen and oxygen atoms in total. The number of carbonyl (C=O) groups excluding carboxylic acids is 1. The molecular formula is C11H14FN3O. The number of pyridine rings is 1. The predicted octanol–water partition coefficient (Wildman–Crippen LogP) is 0.702. The minimum absolute atomic E-state index is 0.249. The van der Waals surface area contributed by atoms with Gasteiger partial charge in [-0.15, -0.1) is 0 Å². The third-order valence-electron chi connectivity index (χ3n) is 2.63. The lowest BCUT2D eigenvalue weighted by molar-refractivity contribution is 0.0945. The molecule has 1 aromatic heterocycles. The van der Waals surface area contributed by atoms with Crippen LogP contribution in [-0.4, -0.2) is 30.0 Å². The highest BCUT2D eigenvalue weighted by Crippen LogP contribution is 2.04. The highest BCUT2D eigenvalue weighted by molar-refractivity contribution is 5.92. The fourth-order valence-corrected chi connectivity index (χ4v) is 1.75. The summed E-state index contributed by atoms with van der Waals surface area (Å²) in [6.07, 6.45) is 3.27. The van der Waals surface area contributed by atoms with Gasteiger partial charge in [0.2, 0.25) is 0 Å². The zero-order valence-electron chi connectivity index (χ0n) is 8.87. The molecule has 0 saturated carbocycles. The average molecular weight is 223 g/mol. The lowest BCUT2D eigenvalue weighted by Crippen LogP contribution is -2.37. The fraction of sp³-hybridized carbons (Fsp3) is 0.455. The summed E-state index contributed by atoms with van der Waals surface area (Å²) >= 11 is 0. The van der Waals surface area contributed by atoms with Crippen LogP contribution < -0.4 is 10.6 Å². The van der Waals surface area contributed by atoms with Gasteiger partial charge in [-0.05, 0) is 31.5 Å². The fourth-order valence-electron chi connectivity index (χ4n) is 1.75. The van der Waals surface area contributed by atoms with Crippen molar-refractivity contribution in [3.8, 4) is 0 Å². The smallest absolute Gasteiger partial charge is 0.269 e. The molecule has 1 aromatic rings. The highest BCUT2D eigenvalue weighted by Gasteiger charge is 2.15. The summed E-state index contributed by atoms with van der Waals surface area (Å²) in [5, 5.41) is 6.05. The summed E-state index contributed by atoms with van der Waals surface area (Å²) in [7, 11) is 0. The van der Waals surface area contributed by atoms with E-state index in [0.29, 0.717) is 12.6 Å². The van der Waals surface area contributed by atoms with Crippen molar-refractivity contribution in [3.05, 3.63) is 29.8 Å². The number of rotatable bonds is 3. The van der Waals surface area contributed by atoms with Crippen molar-refractivity contribution < 1.29 is 9.18 Å². The first-order valence-electron chi connectivity index (χ1n) is 5.39. The largest absolute Gasteiger partial charge is 0.349 e. The minimum Gasteiger partial charge on any atom is -0.349 e. The van der Waals surface area contributed by atoms with Crippen molar-refractivity contribution in [2.75, 3.05) is 13.1 Å². The van der Waals surface area contributed by atoms with E-state index in [4.69, 9.17) is 0 Å². The number of nitrogens with zero attached hydrogens (tertiary/aromatic N) is 1. The van der Waals surface area contributed by atoms with Gasteiger partial charge in [-0.2, -0.15) is 0 Å². The molecule has 2 rings (SSSR count). The molecule has 1 atom stereocenters. The lowest BCUT2D eigenvalue weighted by Gasteiger charge is -2.10. The monoisotopic (exact) mass is 223 g/mol. The van der Waals surface area contributed by atoms with Gasteiger partial charge in [0, 0.05) is 12.6 Å². The van der Waals surface area contributed by atoms with Gasteiger partial charge in [-0.3, -0.25) is 4.79 Å². The Hall–Kier alpha value is -1.49. The zero-order valence-corrected chi connectivity index (χ0v) is 8.87. The van der Waals surface area contributed by atoms with Crippen LogP contribution in [-0.2, 0) is 0 Å². The first kappa shape index (κ1) is 11.0. The number of hydrogen-bond acceptors (Lipinski definition) is 3. The second-order valence-electron chi connectivity index (χ2n) is 3.86. The maximum absolute atomic E-state index is 12.6. The van der Waals surface area contributed by atoms with Crippen LogP contribution >= 0.6 is 0 Å². The summed E-state index contributed by atoms with van der Waals surface area (Å²) in [6.45, 7) is 1.60. The van der Waals surface area contributed by atoms with Gasteiger partial charge in [0.05, 0.1) is 6.20 Å². The van der Waals surface area contributed by atoms with E-state index >= 15 is 0 Å². The van der Waals surface area contributed by atoms with E-state index in [0.717, 1.165) is 25.6 Å². The van der Waals surface area contributed by atoms with E-state index in [-0.39, 0.29) is 11.6 Å². The molecule has 2 N–H and O–H groups in total. The predicted molar refractivity (Wildman–Crippen MR) is 57.6 cm³/mol. The Morgan fingerprint density at radius 3 is 3.12 bits per heavy atom. The van der Waals surface area contributed by atoms with Crippen LogP contribution in [0, 0.1) is 5.82 Å². The Labute approximate surface area is 93.3 Å². The summed E-state index contributed by atoms with van der Waals surface area (Å²) < 4.78 is 12.6. The topological polar surface area (TPSA) is 54.0 Å². The summed E-state index contributed by atoms with van der Waals surface area (Å²) in [6, 6.07) is 2.96. The Bertz CT molecular complexity index is 360. The molecule has 0 aliphatic carbocycles. The Morgan fingerprint density at radius 1 is 1.62 bits per heavy atom. The molecule has 5 heteroatoms. The van der Waals surface area contributed by atoms with Crippen LogP contribution in [0.4, 0.5) is 4.39 Å². The van der Waals surface area contributed by atoms with E-state index in [9.17, 15) is 9.18 Å². The van der Waals surface area contributed by atoms with Gasteiger partial charge in [-0.25, -0.2) is 9.37 Å². The molecule has 1 amide bonds. The SMILES string of the molecule is O=C(NCC1CCCN1)c1ccc(F)cn1. The maximum Gasteiger partial charge on any atom is 0.269 e. The van der Waals surface area contributed by atoms with Crippen molar-refractivity contribution in [2.45, 2.75) is 18.9 Å². The minimum atomic E-state index is -0.436. The number of amides is 1. The molecule has 86 valence electrons. The van der Waals surface area contributed by atoms with E-state index in [1.165, 1.54) is 12.1 Å². The highest BCUT2D eigenvalue weighted by atomic mass is 19.1. The molecule has 2 heterocycles. The Morgan fingerprint density at radius 2 is 2.50 bits per heavy atom. The van der Waals surface area contributed by atoms with E-state index in [1.807, 2.05) is 0 Å². The first-order chi connectivity index (χ1) is 7.75. The molecule has 0 aromatic carbocycles. The number of nitrogens with one attached hydrogen (secondary N) is 2. The molecule has 1 unspecified atom stereocenters. The van der Waals surface area contributed by atoms with Gasteiger partial charge < -0.3 is 10.6 Å².